The topological polar surface area (TPSA) is 24.8 Å². The summed E-state index contributed by atoms with van der Waals surface area (Å²) in [5, 5.41) is 0. The Bertz CT molecular complexity index is 827. The molecule has 3 rings (SSSR count). The lowest BCUT2D eigenvalue weighted by molar-refractivity contribution is 0.375. The van der Waals surface area contributed by atoms with Crippen LogP contribution in [0.25, 0.3) is 0 Å². The van der Waals surface area contributed by atoms with Gasteiger partial charge in [-0.2, -0.15) is 0 Å². The molecule has 2 aromatic rings. The maximum absolute atomic E-state index is 14.9. The number of nitrogens with zero attached hydrogens (tertiary/aromatic N) is 2. The molecule has 0 saturated heterocycles. The van der Waals surface area contributed by atoms with Gasteiger partial charge in [0.2, 0.25) is 0 Å². The van der Waals surface area contributed by atoms with Gasteiger partial charge in [-0.3, -0.25) is 4.99 Å². The quantitative estimate of drug-likeness (QED) is 0.597. The standard InChI is InChI=1S/C23H29FN2O/c1-6-11-26-22-13-21(24)17(12-20(22)16(2)14-23(26,3)4)15-25-18-7-9-19(27-5)10-8-18/h7-10,12-13,15-16H,6,11,14H2,1-5H3. The maximum atomic E-state index is 14.9. The first-order valence-electron chi connectivity index (χ1n) is 9.65. The van der Waals surface area contributed by atoms with E-state index in [0.29, 0.717) is 11.5 Å². The molecule has 0 bridgehead atoms. The van der Waals surface area contributed by atoms with E-state index < -0.39 is 0 Å². The van der Waals surface area contributed by atoms with Gasteiger partial charge in [0, 0.05) is 29.5 Å². The molecule has 0 fully saturated rings. The Morgan fingerprint density at radius 3 is 2.59 bits per heavy atom. The number of anilines is 1. The zero-order valence-electron chi connectivity index (χ0n) is 16.9. The number of fused-ring (bicyclic) bond motifs is 1. The van der Waals surface area contributed by atoms with Crippen molar-refractivity contribution >= 4 is 17.6 Å². The van der Waals surface area contributed by atoms with Crippen molar-refractivity contribution < 1.29 is 9.13 Å². The molecule has 1 aliphatic rings. The summed E-state index contributed by atoms with van der Waals surface area (Å²) in [7, 11) is 1.63. The average Bonchev–Trinajstić information content (AvgIpc) is 2.64. The number of aliphatic imine (C=N–C) groups is 1. The lowest BCUT2D eigenvalue weighted by Crippen LogP contribution is -2.48. The van der Waals surface area contributed by atoms with Crippen molar-refractivity contribution in [3.8, 4) is 5.75 Å². The molecule has 1 atom stereocenters. The lowest BCUT2D eigenvalue weighted by Gasteiger charge is -2.47. The summed E-state index contributed by atoms with van der Waals surface area (Å²) in [4.78, 5) is 6.79. The van der Waals surface area contributed by atoms with Gasteiger partial charge in [-0.1, -0.05) is 13.8 Å². The van der Waals surface area contributed by atoms with Crippen molar-refractivity contribution in [2.24, 2.45) is 4.99 Å². The van der Waals surface area contributed by atoms with E-state index >= 15 is 0 Å². The Morgan fingerprint density at radius 1 is 1.26 bits per heavy atom. The number of methoxy groups -OCH3 is 1. The Kier molecular flexibility index (Phi) is 5.54. The number of rotatable bonds is 5. The summed E-state index contributed by atoms with van der Waals surface area (Å²) in [6, 6.07) is 11.1. The predicted octanol–water partition coefficient (Wildman–Crippen LogP) is 6.09. The summed E-state index contributed by atoms with van der Waals surface area (Å²) in [6.07, 6.45) is 3.72. The minimum atomic E-state index is -0.225. The van der Waals surface area contributed by atoms with Gasteiger partial charge in [0.15, 0.2) is 0 Å². The van der Waals surface area contributed by atoms with Crippen LogP contribution < -0.4 is 9.64 Å². The third-order valence-electron chi connectivity index (χ3n) is 5.38. The normalized spacial score (nSPS) is 18.6. The van der Waals surface area contributed by atoms with E-state index in [-0.39, 0.29) is 11.4 Å². The first-order valence-corrected chi connectivity index (χ1v) is 9.65. The Balaban J connectivity index is 1.95. The molecule has 0 spiro atoms. The summed E-state index contributed by atoms with van der Waals surface area (Å²) in [5.41, 5.74) is 3.58. The number of hydrogen-bond donors (Lipinski definition) is 0. The van der Waals surface area contributed by atoms with E-state index in [2.05, 4.69) is 37.6 Å². The van der Waals surface area contributed by atoms with Crippen LogP contribution in [0.2, 0.25) is 0 Å². The van der Waals surface area contributed by atoms with Crippen LogP contribution in [0.5, 0.6) is 5.75 Å². The van der Waals surface area contributed by atoms with Crippen LogP contribution in [-0.2, 0) is 0 Å². The van der Waals surface area contributed by atoms with E-state index in [1.165, 1.54) is 5.56 Å². The summed E-state index contributed by atoms with van der Waals surface area (Å²) >= 11 is 0. The monoisotopic (exact) mass is 368 g/mol. The fraction of sp³-hybridized carbons (Fsp3) is 0.435. The first kappa shape index (κ1) is 19.4. The highest BCUT2D eigenvalue weighted by atomic mass is 19.1. The highest BCUT2D eigenvalue weighted by Crippen LogP contribution is 2.44. The van der Waals surface area contributed by atoms with Crippen LogP contribution in [0.4, 0.5) is 15.8 Å². The zero-order valence-corrected chi connectivity index (χ0v) is 16.9. The van der Waals surface area contributed by atoms with E-state index in [1.807, 2.05) is 30.3 Å². The number of halogens is 1. The molecule has 3 nitrogen and oxygen atoms in total. The molecular weight excluding hydrogens is 339 g/mol. The van der Waals surface area contributed by atoms with Gasteiger partial charge >= 0.3 is 0 Å². The third kappa shape index (κ3) is 4.00. The molecule has 4 heteroatoms. The van der Waals surface area contributed by atoms with Crippen molar-refractivity contribution in [1.82, 2.24) is 0 Å². The van der Waals surface area contributed by atoms with Crippen LogP contribution in [0.15, 0.2) is 41.4 Å². The first-order chi connectivity index (χ1) is 12.9. The van der Waals surface area contributed by atoms with Gasteiger partial charge in [0.1, 0.15) is 11.6 Å². The molecule has 2 aromatic carbocycles. The molecule has 0 N–H and O–H groups in total. The van der Waals surface area contributed by atoms with Gasteiger partial charge < -0.3 is 9.64 Å². The number of hydrogen-bond acceptors (Lipinski definition) is 3. The highest BCUT2D eigenvalue weighted by Gasteiger charge is 2.36. The van der Waals surface area contributed by atoms with E-state index in [1.54, 1.807) is 19.4 Å². The molecule has 1 aliphatic heterocycles. The molecule has 0 saturated carbocycles. The Hall–Kier alpha value is -2.36. The summed E-state index contributed by atoms with van der Waals surface area (Å²) < 4.78 is 20.0. The second-order valence-corrected chi connectivity index (χ2v) is 7.96. The molecule has 27 heavy (non-hydrogen) atoms. The predicted molar refractivity (Wildman–Crippen MR) is 111 cm³/mol. The molecule has 0 aromatic heterocycles. The second-order valence-electron chi connectivity index (χ2n) is 7.96. The molecule has 144 valence electrons. The minimum absolute atomic E-state index is 0.0353. The zero-order chi connectivity index (χ0) is 19.6. The van der Waals surface area contributed by atoms with Gasteiger partial charge in [0.05, 0.1) is 12.8 Å². The minimum Gasteiger partial charge on any atom is -0.497 e. The molecule has 0 aliphatic carbocycles. The van der Waals surface area contributed by atoms with E-state index in [0.717, 1.165) is 36.5 Å². The van der Waals surface area contributed by atoms with E-state index in [4.69, 9.17) is 4.74 Å². The number of benzene rings is 2. The van der Waals surface area contributed by atoms with Crippen LogP contribution in [0, 0.1) is 5.82 Å². The summed E-state index contributed by atoms with van der Waals surface area (Å²) in [5.74, 6) is 0.940. The largest absolute Gasteiger partial charge is 0.497 e. The van der Waals surface area contributed by atoms with Crippen LogP contribution in [0.1, 0.15) is 57.6 Å². The van der Waals surface area contributed by atoms with Crippen LogP contribution >= 0.6 is 0 Å². The Labute approximate surface area is 161 Å². The Morgan fingerprint density at radius 2 is 1.96 bits per heavy atom. The van der Waals surface area contributed by atoms with Crippen LogP contribution in [0.3, 0.4) is 0 Å². The fourth-order valence-corrected chi connectivity index (χ4v) is 4.08. The fourth-order valence-electron chi connectivity index (χ4n) is 4.08. The van der Waals surface area contributed by atoms with Gasteiger partial charge in [-0.15, -0.1) is 0 Å². The molecular formula is C23H29FN2O. The highest BCUT2D eigenvalue weighted by molar-refractivity contribution is 5.84. The molecule has 0 radical (unpaired) electrons. The van der Waals surface area contributed by atoms with E-state index in [9.17, 15) is 4.39 Å². The third-order valence-corrected chi connectivity index (χ3v) is 5.38. The SMILES string of the molecule is CCCN1c2cc(F)c(C=Nc3ccc(OC)cc3)cc2C(C)CC1(C)C. The van der Waals surface area contributed by atoms with Gasteiger partial charge in [-0.05, 0) is 74.6 Å². The van der Waals surface area contributed by atoms with Crippen molar-refractivity contribution in [1.29, 1.82) is 0 Å². The van der Waals surface area contributed by atoms with Gasteiger partial charge in [-0.25, -0.2) is 4.39 Å². The van der Waals surface area contributed by atoms with Crippen molar-refractivity contribution in [3.63, 3.8) is 0 Å². The molecule has 1 heterocycles. The van der Waals surface area contributed by atoms with Gasteiger partial charge in [0.25, 0.3) is 0 Å². The van der Waals surface area contributed by atoms with Crippen LogP contribution in [-0.4, -0.2) is 25.4 Å². The number of ether oxygens (including phenoxy) is 1. The lowest BCUT2D eigenvalue weighted by atomic mass is 9.79. The smallest absolute Gasteiger partial charge is 0.134 e. The molecule has 1 unspecified atom stereocenters. The maximum Gasteiger partial charge on any atom is 0.134 e. The molecule has 0 amide bonds. The average molecular weight is 368 g/mol. The second kappa shape index (κ2) is 7.71. The van der Waals surface area contributed by atoms with Crippen molar-refractivity contribution in [2.75, 3.05) is 18.6 Å². The summed E-state index contributed by atoms with van der Waals surface area (Å²) in [6.45, 7) is 9.83. The van der Waals surface area contributed by atoms with Crippen molar-refractivity contribution in [3.05, 3.63) is 53.3 Å². The van der Waals surface area contributed by atoms with Crippen molar-refractivity contribution in [2.45, 2.75) is 52.0 Å².